The van der Waals surface area contributed by atoms with Crippen molar-refractivity contribution in [3.63, 3.8) is 0 Å². The van der Waals surface area contributed by atoms with Crippen LogP contribution in [0.3, 0.4) is 0 Å². The molecule has 1 rings (SSSR count). The molecule has 0 saturated heterocycles. The predicted octanol–water partition coefficient (Wildman–Crippen LogP) is -0.406. The normalized spacial score (nSPS) is 14.6. The molecule has 11 heteroatoms. The third-order valence-electron chi connectivity index (χ3n) is 4.40. The second-order valence-electron chi connectivity index (χ2n) is 7.13. The molecule has 3 amide bonds. The summed E-state index contributed by atoms with van der Waals surface area (Å²) < 4.78 is 0. The van der Waals surface area contributed by atoms with Crippen LogP contribution in [0, 0.1) is 0 Å². The number of carboxylic acids is 1. The zero-order valence-electron chi connectivity index (χ0n) is 17.8. The van der Waals surface area contributed by atoms with Crippen LogP contribution in [0.25, 0.3) is 0 Å². The minimum atomic E-state index is -1.23. The summed E-state index contributed by atoms with van der Waals surface area (Å²) in [4.78, 5) is 48.5. The molecule has 10 nitrogen and oxygen atoms in total. The zero-order chi connectivity index (χ0) is 23.6. The Labute approximate surface area is 185 Å². The van der Waals surface area contributed by atoms with Gasteiger partial charge in [-0.2, -0.15) is 11.8 Å². The minimum absolute atomic E-state index is 0.00279. The molecule has 1 aromatic rings. The van der Waals surface area contributed by atoms with Gasteiger partial charge in [0.25, 0.3) is 0 Å². The van der Waals surface area contributed by atoms with Gasteiger partial charge in [0, 0.05) is 6.42 Å². The number of benzene rings is 1. The molecule has 0 heterocycles. The number of thioether (sulfide) groups is 1. The smallest absolute Gasteiger partial charge is 0.326 e. The Morgan fingerprint density at radius 2 is 1.55 bits per heavy atom. The third kappa shape index (κ3) is 9.26. The quantitative estimate of drug-likeness (QED) is 0.247. The number of carbonyl (C=O) groups is 4. The molecule has 4 unspecified atom stereocenters. The molecular weight excluding hydrogens is 424 g/mol. The Kier molecular flexibility index (Phi) is 10.8. The molecule has 31 heavy (non-hydrogen) atoms. The van der Waals surface area contributed by atoms with Crippen LogP contribution in [-0.4, -0.2) is 70.1 Å². The van der Waals surface area contributed by atoms with Crippen LogP contribution in [0.2, 0.25) is 0 Å². The highest BCUT2D eigenvalue weighted by Crippen LogP contribution is 2.11. The Bertz CT molecular complexity index is 771. The van der Waals surface area contributed by atoms with Crippen molar-refractivity contribution in [2.75, 3.05) is 12.0 Å². The number of phenolic OH excluding ortho intramolecular Hbond substituents is 1. The zero-order valence-corrected chi connectivity index (χ0v) is 18.6. The van der Waals surface area contributed by atoms with Crippen LogP contribution in [0.5, 0.6) is 5.75 Å². The fourth-order valence-electron chi connectivity index (χ4n) is 2.55. The Hall–Kier alpha value is -2.79. The molecule has 172 valence electrons. The van der Waals surface area contributed by atoms with Gasteiger partial charge < -0.3 is 31.9 Å². The standard InChI is InChI=1S/C20H30N4O6S/c1-11(21)17(26)23-15(8-9-31-3)19(28)22-12(2)18(27)24-16(20(29)30)10-13-4-6-14(25)7-5-13/h4-7,11-12,15-16,25H,8-10,21H2,1-3H3,(H,22,28)(H,23,26)(H,24,27)(H,29,30). The van der Waals surface area contributed by atoms with Crippen molar-refractivity contribution in [2.45, 2.75) is 50.9 Å². The van der Waals surface area contributed by atoms with E-state index in [9.17, 15) is 29.4 Å². The van der Waals surface area contributed by atoms with Crippen LogP contribution >= 0.6 is 11.8 Å². The van der Waals surface area contributed by atoms with E-state index in [1.807, 2.05) is 6.26 Å². The topological polar surface area (TPSA) is 171 Å². The van der Waals surface area contributed by atoms with Crippen molar-refractivity contribution in [3.05, 3.63) is 29.8 Å². The van der Waals surface area contributed by atoms with E-state index >= 15 is 0 Å². The summed E-state index contributed by atoms with van der Waals surface area (Å²) in [6.07, 6.45) is 2.21. The lowest BCUT2D eigenvalue weighted by atomic mass is 10.1. The first-order valence-corrected chi connectivity index (χ1v) is 11.1. The molecule has 7 N–H and O–H groups in total. The van der Waals surface area contributed by atoms with Crippen molar-refractivity contribution in [3.8, 4) is 5.75 Å². The second-order valence-corrected chi connectivity index (χ2v) is 8.12. The summed E-state index contributed by atoms with van der Waals surface area (Å²) in [6, 6.07) is 2.05. The number of rotatable bonds is 12. The van der Waals surface area contributed by atoms with Gasteiger partial charge in [-0.3, -0.25) is 14.4 Å². The lowest BCUT2D eigenvalue weighted by molar-refractivity contribution is -0.142. The van der Waals surface area contributed by atoms with Crippen LogP contribution in [0.4, 0.5) is 0 Å². The van der Waals surface area contributed by atoms with E-state index in [4.69, 9.17) is 5.73 Å². The van der Waals surface area contributed by atoms with Gasteiger partial charge in [0.2, 0.25) is 17.7 Å². The van der Waals surface area contributed by atoms with Gasteiger partial charge in [-0.1, -0.05) is 12.1 Å². The monoisotopic (exact) mass is 454 g/mol. The summed E-state index contributed by atoms with van der Waals surface area (Å²) in [5.41, 5.74) is 6.14. The van der Waals surface area contributed by atoms with E-state index in [2.05, 4.69) is 16.0 Å². The van der Waals surface area contributed by atoms with Crippen LogP contribution < -0.4 is 21.7 Å². The lowest BCUT2D eigenvalue weighted by Gasteiger charge is -2.23. The molecule has 0 saturated carbocycles. The number of hydrogen-bond donors (Lipinski definition) is 6. The molecule has 0 aliphatic heterocycles. The predicted molar refractivity (Wildman–Crippen MR) is 118 cm³/mol. The van der Waals surface area contributed by atoms with E-state index in [1.165, 1.54) is 37.7 Å². The van der Waals surface area contributed by atoms with Gasteiger partial charge in [-0.25, -0.2) is 4.79 Å². The number of aliphatic carboxylic acids is 1. The van der Waals surface area contributed by atoms with Gasteiger partial charge in [-0.05, 0) is 50.0 Å². The van der Waals surface area contributed by atoms with Crippen LogP contribution in [0.1, 0.15) is 25.8 Å². The first-order valence-electron chi connectivity index (χ1n) is 9.71. The molecule has 0 bridgehead atoms. The number of carboxylic acid groups (broad SMARTS) is 1. The number of amides is 3. The molecule has 0 spiro atoms. The maximum Gasteiger partial charge on any atom is 0.326 e. The fraction of sp³-hybridized carbons (Fsp3) is 0.500. The molecule has 0 fully saturated rings. The highest BCUT2D eigenvalue weighted by molar-refractivity contribution is 7.98. The SMILES string of the molecule is CSCCC(NC(=O)C(C)N)C(=O)NC(C)C(=O)NC(Cc1ccc(O)cc1)C(=O)O. The Morgan fingerprint density at radius 3 is 2.06 bits per heavy atom. The molecular formula is C20H30N4O6S. The number of phenols is 1. The van der Waals surface area contributed by atoms with E-state index in [1.54, 1.807) is 12.1 Å². The number of nitrogens with two attached hydrogens (primary N) is 1. The summed E-state index contributed by atoms with van der Waals surface area (Å²) in [5.74, 6) is -2.31. The Morgan fingerprint density at radius 1 is 0.968 bits per heavy atom. The van der Waals surface area contributed by atoms with Crippen molar-refractivity contribution >= 4 is 35.5 Å². The van der Waals surface area contributed by atoms with E-state index < -0.39 is 47.9 Å². The molecule has 0 aliphatic rings. The first kappa shape index (κ1) is 26.2. The maximum atomic E-state index is 12.6. The van der Waals surface area contributed by atoms with E-state index in [-0.39, 0.29) is 12.2 Å². The Balaban J connectivity index is 2.74. The molecule has 0 aliphatic carbocycles. The first-order chi connectivity index (χ1) is 14.5. The molecule has 4 atom stereocenters. The van der Waals surface area contributed by atoms with Gasteiger partial charge in [0.15, 0.2) is 0 Å². The summed E-state index contributed by atoms with van der Waals surface area (Å²) in [7, 11) is 0. The van der Waals surface area contributed by atoms with Crippen molar-refractivity contribution < 1.29 is 29.4 Å². The third-order valence-corrected chi connectivity index (χ3v) is 5.04. The van der Waals surface area contributed by atoms with Gasteiger partial charge in [-0.15, -0.1) is 0 Å². The highest BCUT2D eigenvalue weighted by Gasteiger charge is 2.27. The number of hydrogen-bond acceptors (Lipinski definition) is 7. The van der Waals surface area contributed by atoms with E-state index in [0.29, 0.717) is 17.7 Å². The molecule has 0 aromatic heterocycles. The van der Waals surface area contributed by atoms with Gasteiger partial charge >= 0.3 is 5.97 Å². The average Bonchev–Trinajstić information content (AvgIpc) is 2.71. The average molecular weight is 455 g/mol. The van der Waals surface area contributed by atoms with Crippen molar-refractivity contribution in [2.24, 2.45) is 5.73 Å². The molecule has 0 radical (unpaired) electrons. The molecule has 1 aromatic carbocycles. The number of nitrogens with one attached hydrogen (secondary N) is 3. The maximum absolute atomic E-state index is 12.6. The van der Waals surface area contributed by atoms with E-state index in [0.717, 1.165) is 0 Å². The van der Waals surface area contributed by atoms with Crippen molar-refractivity contribution in [1.82, 2.24) is 16.0 Å². The lowest BCUT2D eigenvalue weighted by Crippen LogP contribution is -2.56. The summed E-state index contributed by atoms with van der Waals surface area (Å²) in [6.45, 7) is 2.92. The summed E-state index contributed by atoms with van der Waals surface area (Å²) >= 11 is 1.50. The largest absolute Gasteiger partial charge is 0.508 e. The highest BCUT2D eigenvalue weighted by atomic mass is 32.2. The van der Waals surface area contributed by atoms with Gasteiger partial charge in [0.05, 0.1) is 6.04 Å². The fourth-order valence-corrected chi connectivity index (χ4v) is 3.02. The van der Waals surface area contributed by atoms with Crippen molar-refractivity contribution in [1.29, 1.82) is 0 Å². The van der Waals surface area contributed by atoms with Crippen LogP contribution in [0.15, 0.2) is 24.3 Å². The second kappa shape index (κ2) is 12.8. The van der Waals surface area contributed by atoms with Gasteiger partial charge in [0.1, 0.15) is 23.9 Å². The van der Waals surface area contributed by atoms with Crippen LogP contribution in [-0.2, 0) is 25.6 Å². The number of carbonyl (C=O) groups excluding carboxylic acids is 3. The minimum Gasteiger partial charge on any atom is -0.508 e. The summed E-state index contributed by atoms with van der Waals surface area (Å²) in [5, 5.41) is 26.2. The number of aromatic hydroxyl groups is 1.